The molecule has 0 N–H and O–H groups in total. The number of hydrogen-bond acceptors (Lipinski definition) is 4. The molecular formula is C13H15NO4. The van der Waals surface area contributed by atoms with Gasteiger partial charge in [0.25, 0.3) is 5.54 Å². The molecule has 1 fully saturated rings. The molecule has 1 aromatic carbocycles. The van der Waals surface area contributed by atoms with Crippen LogP contribution in [0.5, 0.6) is 0 Å². The van der Waals surface area contributed by atoms with Crippen molar-refractivity contribution < 1.29 is 14.5 Å². The molecule has 0 amide bonds. The standard InChI is InChI=1S/C13H15NO4/c1-3-10-12(15)18-11(13(10,2)14(16)17)9-7-5-4-6-8-9/h4-8,10-11H,3H2,1-2H3/t10-,11+,13-/m0/s1. The molecule has 1 saturated heterocycles. The number of ether oxygens (including phenoxy) is 1. The summed E-state index contributed by atoms with van der Waals surface area (Å²) >= 11 is 0. The smallest absolute Gasteiger partial charge is 0.317 e. The number of hydrogen-bond donors (Lipinski definition) is 0. The molecule has 1 aliphatic rings. The van der Waals surface area contributed by atoms with Crippen LogP contribution in [0.2, 0.25) is 0 Å². The van der Waals surface area contributed by atoms with Crippen molar-refractivity contribution in [3.05, 3.63) is 46.0 Å². The van der Waals surface area contributed by atoms with E-state index in [1.165, 1.54) is 6.92 Å². The number of cyclic esters (lactones) is 1. The van der Waals surface area contributed by atoms with Crippen LogP contribution in [0, 0.1) is 16.0 Å². The largest absolute Gasteiger partial charge is 0.449 e. The van der Waals surface area contributed by atoms with E-state index in [2.05, 4.69) is 0 Å². The van der Waals surface area contributed by atoms with Gasteiger partial charge in [0.2, 0.25) is 0 Å². The summed E-state index contributed by atoms with van der Waals surface area (Å²) in [6.45, 7) is 3.25. The highest BCUT2D eigenvalue weighted by Gasteiger charge is 2.63. The second-order valence-electron chi connectivity index (χ2n) is 4.67. The summed E-state index contributed by atoms with van der Waals surface area (Å²) in [6.07, 6.45) is -0.411. The van der Waals surface area contributed by atoms with Crippen molar-refractivity contribution in [1.29, 1.82) is 0 Å². The van der Waals surface area contributed by atoms with E-state index in [-0.39, 0.29) is 4.92 Å². The second-order valence-corrected chi connectivity index (χ2v) is 4.67. The molecule has 18 heavy (non-hydrogen) atoms. The van der Waals surface area contributed by atoms with Gasteiger partial charge in [0.1, 0.15) is 5.92 Å². The van der Waals surface area contributed by atoms with Crippen molar-refractivity contribution >= 4 is 5.97 Å². The van der Waals surface area contributed by atoms with Gasteiger partial charge < -0.3 is 4.74 Å². The van der Waals surface area contributed by atoms with Crippen LogP contribution >= 0.6 is 0 Å². The summed E-state index contributed by atoms with van der Waals surface area (Å²) in [6, 6.07) is 8.88. The molecule has 0 aliphatic carbocycles. The maximum Gasteiger partial charge on any atom is 0.317 e. The maximum absolute atomic E-state index is 11.8. The molecule has 0 bridgehead atoms. The molecular weight excluding hydrogens is 234 g/mol. The summed E-state index contributed by atoms with van der Waals surface area (Å²) in [7, 11) is 0. The van der Waals surface area contributed by atoms with Crippen molar-refractivity contribution in [3.63, 3.8) is 0 Å². The Morgan fingerprint density at radius 3 is 2.50 bits per heavy atom. The maximum atomic E-state index is 11.8. The quantitative estimate of drug-likeness (QED) is 0.468. The molecule has 0 unspecified atom stereocenters. The fraction of sp³-hybridized carbons (Fsp3) is 0.462. The lowest BCUT2D eigenvalue weighted by Crippen LogP contribution is -2.44. The van der Waals surface area contributed by atoms with Crippen LogP contribution in [0.1, 0.15) is 31.9 Å². The molecule has 0 aromatic heterocycles. The summed E-state index contributed by atoms with van der Waals surface area (Å²) in [4.78, 5) is 22.8. The van der Waals surface area contributed by atoms with Crippen molar-refractivity contribution in [2.24, 2.45) is 5.92 Å². The zero-order valence-corrected chi connectivity index (χ0v) is 10.3. The lowest BCUT2D eigenvalue weighted by Gasteiger charge is -2.24. The molecule has 5 nitrogen and oxygen atoms in total. The average Bonchev–Trinajstić information content (AvgIpc) is 2.63. The van der Waals surface area contributed by atoms with Gasteiger partial charge in [-0.1, -0.05) is 37.3 Å². The van der Waals surface area contributed by atoms with Gasteiger partial charge in [0.05, 0.1) is 0 Å². The van der Waals surface area contributed by atoms with E-state index in [0.29, 0.717) is 12.0 Å². The van der Waals surface area contributed by atoms with Gasteiger partial charge in [0.15, 0.2) is 6.10 Å². The van der Waals surface area contributed by atoms with Crippen molar-refractivity contribution in [2.75, 3.05) is 0 Å². The number of carbonyl (C=O) groups excluding carboxylic acids is 1. The third kappa shape index (κ3) is 1.66. The Kier molecular flexibility index (Phi) is 3.07. The number of nitro groups is 1. The van der Waals surface area contributed by atoms with E-state index in [0.717, 1.165) is 0 Å². The van der Waals surface area contributed by atoms with Crippen LogP contribution in [-0.4, -0.2) is 16.4 Å². The van der Waals surface area contributed by atoms with Gasteiger partial charge >= 0.3 is 5.97 Å². The Morgan fingerprint density at radius 2 is 2.00 bits per heavy atom. The number of rotatable bonds is 3. The van der Waals surface area contributed by atoms with Crippen LogP contribution in [0.25, 0.3) is 0 Å². The Hall–Kier alpha value is -1.91. The van der Waals surface area contributed by atoms with E-state index >= 15 is 0 Å². The van der Waals surface area contributed by atoms with Crippen LogP contribution in [0.15, 0.2) is 30.3 Å². The van der Waals surface area contributed by atoms with Gasteiger partial charge in [-0.2, -0.15) is 0 Å². The van der Waals surface area contributed by atoms with Gasteiger partial charge in [-0.15, -0.1) is 0 Å². The fourth-order valence-corrected chi connectivity index (χ4v) is 2.58. The van der Waals surface area contributed by atoms with Gasteiger partial charge in [-0.05, 0) is 12.0 Å². The van der Waals surface area contributed by atoms with Crippen molar-refractivity contribution in [1.82, 2.24) is 0 Å². The third-order valence-corrected chi connectivity index (χ3v) is 3.66. The molecule has 0 spiro atoms. The summed E-state index contributed by atoms with van der Waals surface area (Å²) in [5.74, 6) is -1.18. The van der Waals surface area contributed by atoms with Crippen LogP contribution < -0.4 is 0 Å². The second kappa shape index (κ2) is 4.40. The van der Waals surface area contributed by atoms with E-state index in [1.54, 1.807) is 31.2 Å². The van der Waals surface area contributed by atoms with E-state index in [1.807, 2.05) is 6.07 Å². The van der Waals surface area contributed by atoms with E-state index < -0.39 is 23.5 Å². The molecule has 2 rings (SSSR count). The summed E-state index contributed by atoms with van der Waals surface area (Å²) in [5.41, 5.74) is -0.728. The molecule has 1 aromatic rings. The van der Waals surface area contributed by atoms with Crippen molar-refractivity contribution in [3.8, 4) is 0 Å². The van der Waals surface area contributed by atoms with Gasteiger partial charge in [0, 0.05) is 11.8 Å². The molecule has 0 radical (unpaired) electrons. The van der Waals surface area contributed by atoms with E-state index in [9.17, 15) is 14.9 Å². The molecule has 0 saturated carbocycles. The number of benzene rings is 1. The zero-order chi connectivity index (χ0) is 13.3. The average molecular weight is 249 g/mol. The fourth-order valence-electron chi connectivity index (χ4n) is 2.58. The van der Waals surface area contributed by atoms with Crippen LogP contribution in [0.4, 0.5) is 0 Å². The first kappa shape index (κ1) is 12.5. The highest BCUT2D eigenvalue weighted by molar-refractivity contribution is 5.77. The molecule has 5 heteroatoms. The zero-order valence-electron chi connectivity index (χ0n) is 10.3. The van der Waals surface area contributed by atoms with Gasteiger partial charge in [-0.25, -0.2) is 0 Å². The Labute approximate surface area is 105 Å². The van der Waals surface area contributed by atoms with Crippen molar-refractivity contribution in [2.45, 2.75) is 31.9 Å². The van der Waals surface area contributed by atoms with Gasteiger partial charge in [-0.3, -0.25) is 14.9 Å². The normalized spacial score (nSPS) is 31.1. The van der Waals surface area contributed by atoms with E-state index in [4.69, 9.17) is 4.74 Å². The predicted octanol–water partition coefficient (Wildman–Crippen LogP) is 2.35. The number of carbonyl (C=O) groups is 1. The number of nitrogens with zero attached hydrogens (tertiary/aromatic N) is 1. The first-order valence-corrected chi connectivity index (χ1v) is 5.91. The Balaban J connectivity index is 2.48. The monoisotopic (exact) mass is 249 g/mol. The first-order valence-electron chi connectivity index (χ1n) is 5.91. The topological polar surface area (TPSA) is 69.4 Å². The molecule has 96 valence electrons. The molecule has 3 atom stereocenters. The van der Waals surface area contributed by atoms with Crippen LogP contribution in [0.3, 0.4) is 0 Å². The lowest BCUT2D eigenvalue weighted by molar-refractivity contribution is -0.580. The summed E-state index contributed by atoms with van der Waals surface area (Å²) < 4.78 is 5.25. The molecule has 1 heterocycles. The Morgan fingerprint density at radius 1 is 1.39 bits per heavy atom. The molecule has 1 aliphatic heterocycles. The first-order chi connectivity index (χ1) is 8.51. The third-order valence-electron chi connectivity index (χ3n) is 3.66. The lowest BCUT2D eigenvalue weighted by atomic mass is 9.80. The minimum absolute atomic E-state index is 0.385. The SMILES string of the molecule is CC[C@H]1C(=O)O[C@H](c2ccccc2)[C@@]1(C)[N+](=O)[O-]. The van der Waals surface area contributed by atoms with Crippen LogP contribution in [-0.2, 0) is 9.53 Å². The number of esters is 1. The minimum atomic E-state index is -1.40. The minimum Gasteiger partial charge on any atom is -0.449 e. The highest BCUT2D eigenvalue weighted by atomic mass is 16.6. The summed E-state index contributed by atoms with van der Waals surface area (Å²) in [5, 5.41) is 11.4. The predicted molar refractivity (Wildman–Crippen MR) is 64.5 cm³/mol. The highest BCUT2D eigenvalue weighted by Crippen LogP contribution is 2.45. The Bertz CT molecular complexity index is 471.